The van der Waals surface area contributed by atoms with Crippen molar-refractivity contribution in [2.45, 2.75) is 19.8 Å². The zero-order valence-corrected chi connectivity index (χ0v) is 19.9. The summed E-state index contributed by atoms with van der Waals surface area (Å²) in [5, 5.41) is 4.54. The van der Waals surface area contributed by atoms with Crippen molar-refractivity contribution >= 4 is 23.5 Å². The number of halogens is 2. The van der Waals surface area contributed by atoms with Crippen molar-refractivity contribution in [1.29, 1.82) is 0 Å². The molecule has 8 nitrogen and oxygen atoms in total. The van der Waals surface area contributed by atoms with Crippen LogP contribution in [0.15, 0.2) is 36.5 Å². The Morgan fingerprint density at radius 3 is 2.29 bits per heavy atom. The molecule has 0 atom stereocenters. The van der Waals surface area contributed by atoms with Crippen molar-refractivity contribution in [1.82, 2.24) is 24.6 Å². The molecule has 0 aliphatic carbocycles. The molecule has 35 heavy (non-hydrogen) atoms. The Kier molecular flexibility index (Phi) is 6.63. The number of nitrogens with two attached hydrogens (primary N) is 1. The maximum Gasteiger partial charge on any atom is 0.224 e. The Hall–Kier alpha value is -3.53. The maximum atomic E-state index is 13.5. The Balaban J connectivity index is 1.20. The molecule has 0 amide bonds. The van der Waals surface area contributed by atoms with Crippen molar-refractivity contribution in [3.05, 3.63) is 59.4 Å². The van der Waals surface area contributed by atoms with E-state index in [1.165, 1.54) is 12.1 Å². The minimum atomic E-state index is -0.543. The average molecular weight is 481 g/mol. The smallest absolute Gasteiger partial charge is 0.224 e. The van der Waals surface area contributed by atoms with E-state index in [1.54, 1.807) is 4.68 Å². The molecule has 5 rings (SSSR count). The highest BCUT2D eigenvalue weighted by Gasteiger charge is 2.19. The van der Waals surface area contributed by atoms with Gasteiger partial charge in [-0.15, -0.1) is 0 Å². The van der Waals surface area contributed by atoms with Crippen LogP contribution in [0.5, 0.6) is 0 Å². The van der Waals surface area contributed by atoms with Gasteiger partial charge in [-0.25, -0.2) is 13.5 Å². The van der Waals surface area contributed by atoms with E-state index in [4.69, 9.17) is 5.73 Å². The number of aromatic nitrogens is 4. The highest BCUT2D eigenvalue weighted by molar-refractivity contribution is 5.54. The van der Waals surface area contributed by atoms with Gasteiger partial charge in [-0.3, -0.25) is 4.90 Å². The lowest BCUT2D eigenvalue weighted by molar-refractivity contribution is 0.284. The van der Waals surface area contributed by atoms with Gasteiger partial charge in [0.05, 0.1) is 11.9 Å². The molecule has 10 heteroatoms. The topological polar surface area (TPSA) is 79.3 Å². The summed E-state index contributed by atoms with van der Waals surface area (Å²) in [7, 11) is 0. The molecule has 0 spiro atoms. The van der Waals surface area contributed by atoms with Gasteiger partial charge < -0.3 is 15.5 Å². The van der Waals surface area contributed by atoms with Crippen molar-refractivity contribution < 1.29 is 8.78 Å². The number of piperazine rings is 1. The number of anilines is 3. The number of nitrogens with zero attached hydrogens (tertiary/aromatic N) is 7. The second-order valence-electron chi connectivity index (χ2n) is 9.05. The van der Waals surface area contributed by atoms with E-state index in [0.29, 0.717) is 11.5 Å². The molecule has 0 unspecified atom stereocenters. The molecular weight excluding hydrogens is 450 g/mol. The molecule has 184 valence electrons. The fourth-order valence-corrected chi connectivity index (χ4v) is 4.71. The summed E-state index contributed by atoms with van der Waals surface area (Å²) < 4.78 is 28.9. The van der Waals surface area contributed by atoms with Crippen LogP contribution in [-0.2, 0) is 0 Å². The van der Waals surface area contributed by atoms with Crippen molar-refractivity contribution in [2.75, 3.05) is 61.3 Å². The van der Waals surface area contributed by atoms with Gasteiger partial charge in [-0.1, -0.05) is 12.2 Å². The zero-order chi connectivity index (χ0) is 24.4. The average Bonchev–Trinajstić information content (AvgIpc) is 3.49. The van der Waals surface area contributed by atoms with Crippen LogP contribution in [0.25, 0.3) is 11.9 Å². The maximum absolute atomic E-state index is 13.5. The quantitative estimate of drug-likeness (QED) is 0.580. The fraction of sp³-hybridized carbons (Fsp3) is 0.400. The van der Waals surface area contributed by atoms with E-state index in [0.717, 1.165) is 81.8 Å². The van der Waals surface area contributed by atoms with Crippen LogP contribution in [0.4, 0.5) is 26.2 Å². The Bertz CT molecular complexity index is 1190. The molecule has 2 aliphatic heterocycles. The van der Waals surface area contributed by atoms with Gasteiger partial charge in [0.1, 0.15) is 17.5 Å². The van der Waals surface area contributed by atoms with Gasteiger partial charge in [-0.05, 0) is 31.9 Å². The highest BCUT2D eigenvalue weighted by atomic mass is 19.1. The van der Waals surface area contributed by atoms with Crippen LogP contribution >= 0.6 is 0 Å². The molecule has 2 N–H and O–H groups in total. The molecule has 0 bridgehead atoms. The van der Waals surface area contributed by atoms with Crippen LogP contribution < -0.4 is 15.5 Å². The number of hydrogen-bond donors (Lipinski definition) is 1. The third kappa shape index (κ3) is 5.27. The van der Waals surface area contributed by atoms with Crippen molar-refractivity contribution in [2.24, 2.45) is 0 Å². The normalized spacial score (nSPS) is 17.1. The van der Waals surface area contributed by atoms with Crippen LogP contribution in [0.2, 0.25) is 0 Å². The van der Waals surface area contributed by atoms with Gasteiger partial charge in [0.15, 0.2) is 5.82 Å². The van der Waals surface area contributed by atoms with Crippen LogP contribution in [-0.4, -0.2) is 70.5 Å². The first kappa shape index (κ1) is 23.2. The summed E-state index contributed by atoms with van der Waals surface area (Å²) in [6.45, 7) is 7.85. The second kappa shape index (κ2) is 9.99. The summed E-state index contributed by atoms with van der Waals surface area (Å²) in [4.78, 5) is 15.4. The van der Waals surface area contributed by atoms with Gasteiger partial charge in [0.25, 0.3) is 0 Å². The highest BCUT2D eigenvalue weighted by Crippen LogP contribution is 2.23. The standard InChI is InChI=1S/C25H30F2N8/c1-18-19(17-29-35(18)24-16-23(30-25(28)31-24)34-7-2-3-8-34)5-4-6-32-9-11-33(12-10-32)22-14-20(26)13-21(27)15-22/h4-5,13-17H,2-3,6-12H2,1H3,(H2,28,30,31)/b5-4+. The molecule has 2 aliphatic rings. The summed E-state index contributed by atoms with van der Waals surface area (Å²) >= 11 is 0. The van der Waals surface area contributed by atoms with E-state index >= 15 is 0 Å². The number of benzene rings is 1. The second-order valence-corrected chi connectivity index (χ2v) is 9.05. The molecule has 2 saturated heterocycles. The van der Waals surface area contributed by atoms with Crippen LogP contribution in [0, 0.1) is 18.6 Å². The molecule has 0 saturated carbocycles. The predicted octanol–water partition coefficient (Wildman–Crippen LogP) is 3.27. The predicted molar refractivity (Wildman–Crippen MR) is 134 cm³/mol. The Morgan fingerprint density at radius 2 is 1.57 bits per heavy atom. The summed E-state index contributed by atoms with van der Waals surface area (Å²) in [6.07, 6.45) is 8.34. The Morgan fingerprint density at radius 1 is 0.886 bits per heavy atom. The van der Waals surface area contributed by atoms with Crippen molar-refractivity contribution in [3.8, 4) is 5.82 Å². The molecular formula is C25H30F2N8. The summed E-state index contributed by atoms with van der Waals surface area (Å²) in [5.74, 6) is 0.673. The first-order chi connectivity index (χ1) is 17.0. The van der Waals surface area contributed by atoms with E-state index in [2.05, 4.69) is 37.0 Å². The van der Waals surface area contributed by atoms with E-state index < -0.39 is 11.6 Å². The number of hydrogen-bond acceptors (Lipinski definition) is 7. The summed E-state index contributed by atoms with van der Waals surface area (Å²) in [5.41, 5.74) is 8.58. The van der Waals surface area contributed by atoms with Gasteiger partial charge >= 0.3 is 0 Å². The lowest BCUT2D eigenvalue weighted by Crippen LogP contribution is -2.46. The number of rotatable bonds is 6. The largest absolute Gasteiger partial charge is 0.369 e. The third-order valence-corrected chi connectivity index (χ3v) is 6.66. The van der Waals surface area contributed by atoms with Crippen LogP contribution in [0.3, 0.4) is 0 Å². The van der Waals surface area contributed by atoms with Gasteiger partial charge in [-0.2, -0.15) is 15.1 Å². The van der Waals surface area contributed by atoms with Crippen molar-refractivity contribution in [3.63, 3.8) is 0 Å². The number of nitrogen functional groups attached to an aromatic ring is 1. The van der Waals surface area contributed by atoms with Gasteiger partial charge in [0.2, 0.25) is 5.95 Å². The zero-order valence-electron chi connectivity index (χ0n) is 19.9. The lowest BCUT2D eigenvalue weighted by atomic mass is 10.2. The summed E-state index contributed by atoms with van der Waals surface area (Å²) in [6, 6.07) is 5.62. The molecule has 1 aromatic carbocycles. The minimum Gasteiger partial charge on any atom is -0.369 e. The van der Waals surface area contributed by atoms with Gasteiger partial charge in [0, 0.05) is 69.2 Å². The molecule has 4 heterocycles. The fourth-order valence-electron chi connectivity index (χ4n) is 4.71. The minimum absolute atomic E-state index is 0.247. The lowest BCUT2D eigenvalue weighted by Gasteiger charge is -2.35. The molecule has 2 fully saturated rings. The third-order valence-electron chi connectivity index (χ3n) is 6.66. The molecule has 2 aromatic heterocycles. The molecule has 3 aromatic rings. The monoisotopic (exact) mass is 480 g/mol. The first-order valence-electron chi connectivity index (χ1n) is 12.0. The SMILES string of the molecule is Cc1c(/C=C/CN2CCN(c3cc(F)cc(F)c3)CC2)cnn1-c1cc(N2CCCC2)nc(N)n1. The molecule has 0 radical (unpaired) electrons. The first-order valence-corrected chi connectivity index (χ1v) is 12.0. The Labute approximate surface area is 203 Å². The van der Waals surface area contributed by atoms with Crippen LogP contribution in [0.1, 0.15) is 24.1 Å². The van der Waals surface area contributed by atoms with E-state index in [-0.39, 0.29) is 5.95 Å². The van der Waals surface area contributed by atoms with E-state index in [9.17, 15) is 8.78 Å². The van der Waals surface area contributed by atoms with E-state index in [1.807, 2.05) is 24.1 Å².